The molecule has 1 aliphatic rings. The molecule has 0 spiro atoms. The second-order valence-corrected chi connectivity index (χ2v) is 11.2. The van der Waals surface area contributed by atoms with Crippen LogP contribution >= 0.6 is 15.9 Å². The zero-order valence-corrected chi connectivity index (χ0v) is 21.8. The average Bonchev–Trinajstić information content (AvgIpc) is 2.90. The van der Waals surface area contributed by atoms with E-state index in [4.69, 9.17) is 0 Å². The number of nitrogens with one attached hydrogen (secondary N) is 1. The zero-order valence-electron chi connectivity index (χ0n) is 19.4. The first-order chi connectivity index (χ1) is 17.7. The van der Waals surface area contributed by atoms with Gasteiger partial charge >= 0.3 is 0 Å². The Kier molecular flexibility index (Phi) is 6.69. The number of aliphatic hydroxyl groups is 1. The Bertz CT molecular complexity index is 1590. The standard InChI is InChI=1S/C26H22BrFN4O4S/c27-24-20(28)10-11-22(30-24)26(34)12-15-32(16-13-26)25(33)18-6-8-19(9-7-18)31-37(35,36)21-5-1-3-17-4-2-14-29-23(17)21/h1-11,14,31,34H,12-13,15-16H2. The smallest absolute Gasteiger partial charge is 0.264 e. The van der Waals surface area contributed by atoms with Crippen molar-refractivity contribution >= 4 is 48.5 Å². The minimum atomic E-state index is -3.91. The maximum atomic E-state index is 13.5. The third kappa shape index (κ3) is 5.07. The molecule has 0 bridgehead atoms. The van der Waals surface area contributed by atoms with Crippen LogP contribution in [-0.4, -0.2) is 47.4 Å². The molecule has 3 heterocycles. The number of carbonyl (C=O) groups is 1. The molecule has 1 amide bonds. The van der Waals surface area contributed by atoms with Crippen LogP contribution in [0.2, 0.25) is 0 Å². The van der Waals surface area contributed by atoms with E-state index in [1.54, 1.807) is 41.3 Å². The first-order valence-electron chi connectivity index (χ1n) is 11.5. The van der Waals surface area contributed by atoms with Gasteiger partial charge in [0.1, 0.15) is 15.1 Å². The topological polar surface area (TPSA) is 112 Å². The molecule has 0 unspecified atom stereocenters. The molecule has 2 aromatic carbocycles. The summed E-state index contributed by atoms with van der Waals surface area (Å²) >= 11 is 3.04. The van der Waals surface area contributed by atoms with Crippen LogP contribution in [0.15, 0.2) is 82.4 Å². The monoisotopic (exact) mass is 584 g/mol. The van der Waals surface area contributed by atoms with Gasteiger partial charge in [0.2, 0.25) is 0 Å². The molecule has 2 aromatic heterocycles. The lowest BCUT2D eigenvalue weighted by Gasteiger charge is -2.38. The number of hydrogen-bond acceptors (Lipinski definition) is 6. The van der Waals surface area contributed by atoms with E-state index in [1.165, 1.54) is 36.5 Å². The van der Waals surface area contributed by atoms with E-state index in [2.05, 4.69) is 30.6 Å². The SMILES string of the molecule is O=C(c1ccc(NS(=O)(=O)c2cccc3cccnc23)cc1)N1CCC(O)(c2ccc(F)c(Br)n2)CC1. The molecule has 4 aromatic rings. The Morgan fingerprint density at radius 1 is 1.03 bits per heavy atom. The number of anilines is 1. The van der Waals surface area contributed by atoms with Crippen LogP contribution < -0.4 is 4.72 Å². The van der Waals surface area contributed by atoms with Gasteiger partial charge in [-0.3, -0.25) is 14.5 Å². The molecule has 1 fully saturated rings. The first-order valence-corrected chi connectivity index (χ1v) is 13.7. The average molecular weight is 585 g/mol. The molecular formula is C26H22BrFN4O4S. The summed E-state index contributed by atoms with van der Waals surface area (Å²) in [5.74, 6) is -0.748. The van der Waals surface area contributed by atoms with Gasteiger partial charge in [-0.15, -0.1) is 0 Å². The molecule has 11 heteroatoms. The minimum Gasteiger partial charge on any atom is -0.383 e. The number of carbonyl (C=O) groups excluding carboxylic acids is 1. The van der Waals surface area contributed by atoms with E-state index in [9.17, 15) is 22.7 Å². The Morgan fingerprint density at radius 3 is 2.43 bits per heavy atom. The van der Waals surface area contributed by atoms with Crippen molar-refractivity contribution in [2.24, 2.45) is 0 Å². The fourth-order valence-electron chi connectivity index (χ4n) is 4.38. The molecule has 0 aliphatic carbocycles. The maximum Gasteiger partial charge on any atom is 0.264 e. The minimum absolute atomic E-state index is 0.0318. The lowest BCUT2D eigenvalue weighted by atomic mass is 9.87. The van der Waals surface area contributed by atoms with Gasteiger partial charge in [-0.05, 0) is 77.3 Å². The number of hydrogen-bond donors (Lipinski definition) is 2. The summed E-state index contributed by atoms with van der Waals surface area (Å²) in [5.41, 5.74) is 0.169. The number of nitrogens with zero attached hydrogens (tertiary/aromatic N) is 3. The summed E-state index contributed by atoms with van der Waals surface area (Å²) in [6.45, 7) is 0.572. The van der Waals surface area contributed by atoms with Gasteiger partial charge in [-0.2, -0.15) is 0 Å². The highest BCUT2D eigenvalue weighted by atomic mass is 79.9. The third-order valence-corrected chi connectivity index (χ3v) is 8.40. The molecule has 0 atom stereocenters. The number of rotatable bonds is 5. The Hall–Kier alpha value is -3.41. The molecule has 2 N–H and O–H groups in total. The van der Waals surface area contributed by atoms with E-state index in [0.717, 1.165) is 0 Å². The number of halogens is 2. The third-order valence-electron chi connectivity index (χ3n) is 6.43. The Morgan fingerprint density at radius 2 is 1.73 bits per heavy atom. The van der Waals surface area contributed by atoms with Crippen molar-refractivity contribution in [2.45, 2.75) is 23.3 Å². The predicted molar refractivity (Wildman–Crippen MR) is 140 cm³/mol. The summed E-state index contributed by atoms with van der Waals surface area (Å²) in [6, 6.07) is 17.3. The van der Waals surface area contributed by atoms with Crippen molar-refractivity contribution < 1.29 is 22.7 Å². The van der Waals surface area contributed by atoms with Crippen LogP contribution in [0.25, 0.3) is 10.9 Å². The molecule has 0 saturated carbocycles. The van der Waals surface area contributed by atoms with Gasteiger partial charge in [0.25, 0.3) is 15.9 Å². The van der Waals surface area contributed by atoms with Crippen LogP contribution in [0, 0.1) is 5.82 Å². The number of pyridine rings is 2. The second kappa shape index (κ2) is 9.81. The predicted octanol–water partition coefficient (Wildman–Crippen LogP) is 4.46. The fraction of sp³-hybridized carbons (Fsp3) is 0.192. The lowest BCUT2D eigenvalue weighted by Crippen LogP contribution is -2.45. The van der Waals surface area contributed by atoms with Gasteiger partial charge in [-0.25, -0.2) is 17.8 Å². The van der Waals surface area contributed by atoms with E-state index >= 15 is 0 Å². The van der Waals surface area contributed by atoms with Gasteiger partial charge in [-0.1, -0.05) is 18.2 Å². The van der Waals surface area contributed by atoms with Crippen molar-refractivity contribution in [1.29, 1.82) is 0 Å². The Balaban J connectivity index is 1.26. The highest BCUT2D eigenvalue weighted by molar-refractivity contribution is 9.10. The van der Waals surface area contributed by atoms with Crippen LogP contribution in [-0.2, 0) is 15.6 Å². The fourth-order valence-corrected chi connectivity index (χ4v) is 5.94. The number of benzene rings is 2. The molecule has 5 rings (SSSR count). The maximum absolute atomic E-state index is 13.5. The quantitative estimate of drug-likeness (QED) is 0.335. The number of likely N-dealkylation sites (tertiary alicyclic amines) is 1. The van der Waals surface area contributed by atoms with Crippen LogP contribution in [0.5, 0.6) is 0 Å². The van der Waals surface area contributed by atoms with E-state index in [-0.39, 0.29) is 41.3 Å². The number of piperidine rings is 1. The number of amides is 1. The number of sulfonamides is 1. The van der Waals surface area contributed by atoms with Crippen molar-refractivity contribution in [3.8, 4) is 0 Å². The molecule has 1 aliphatic heterocycles. The normalized spacial score (nSPS) is 15.5. The largest absolute Gasteiger partial charge is 0.383 e. The molecular weight excluding hydrogens is 563 g/mol. The van der Waals surface area contributed by atoms with Crippen molar-refractivity contribution in [2.75, 3.05) is 17.8 Å². The van der Waals surface area contributed by atoms with E-state index in [0.29, 0.717) is 27.8 Å². The highest BCUT2D eigenvalue weighted by Gasteiger charge is 2.37. The van der Waals surface area contributed by atoms with Gasteiger partial charge in [0, 0.05) is 35.9 Å². The first kappa shape index (κ1) is 25.2. The number of fused-ring (bicyclic) bond motifs is 1. The summed E-state index contributed by atoms with van der Waals surface area (Å²) in [7, 11) is -3.91. The molecule has 0 radical (unpaired) electrons. The van der Waals surface area contributed by atoms with Crippen LogP contribution in [0.3, 0.4) is 0 Å². The summed E-state index contributed by atoms with van der Waals surface area (Å²) in [4.78, 5) is 23.0. The summed E-state index contributed by atoms with van der Waals surface area (Å²) < 4.78 is 42.1. The summed E-state index contributed by atoms with van der Waals surface area (Å²) in [5, 5.41) is 11.7. The molecule has 1 saturated heterocycles. The number of para-hydroxylation sites is 1. The van der Waals surface area contributed by atoms with Crippen molar-refractivity contribution in [1.82, 2.24) is 14.9 Å². The van der Waals surface area contributed by atoms with Crippen molar-refractivity contribution in [3.05, 3.63) is 94.6 Å². The molecule has 190 valence electrons. The molecule has 8 nitrogen and oxygen atoms in total. The number of aromatic nitrogens is 2. The van der Waals surface area contributed by atoms with Crippen LogP contribution in [0.1, 0.15) is 28.9 Å². The van der Waals surface area contributed by atoms with Crippen LogP contribution in [0.4, 0.5) is 10.1 Å². The Labute approximate surface area is 221 Å². The van der Waals surface area contributed by atoms with Gasteiger partial charge in [0.15, 0.2) is 5.82 Å². The lowest BCUT2D eigenvalue weighted by molar-refractivity contribution is -0.0246. The summed E-state index contributed by atoms with van der Waals surface area (Å²) in [6.07, 6.45) is 2.04. The van der Waals surface area contributed by atoms with Crippen molar-refractivity contribution in [3.63, 3.8) is 0 Å². The molecule has 37 heavy (non-hydrogen) atoms. The van der Waals surface area contributed by atoms with E-state index < -0.39 is 21.4 Å². The zero-order chi connectivity index (χ0) is 26.2. The second-order valence-electron chi connectivity index (χ2n) is 8.81. The highest BCUT2D eigenvalue weighted by Crippen LogP contribution is 2.33. The van der Waals surface area contributed by atoms with Gasteiger partial charge < -0.3 is 10.0 Å². The van der Waals surface area contributed by atoms with E-state index in [1.807, 2.05) is 0 Å². The van der Waals surface area contributed by atoms with Gasteiger partial charge in [0.05, 0.1) is 11.2 Å².